The Kier molecular flexibility index (Phi) is 9.84. The summed E-state index contributed by atoms with van der Waals surface area (Å²) in [7, 11) is 1.61. The molecule has 3 aromatic rings. The van der Waals surface area contributed by atoms with Crippen molar-refractivity contribution in [3.05, 3.63) is 89.7 Å². The number of hydrogen-bond donors (Lipinski definition) is 0. The molecule has 3 aromatic carbocycles. The molecule has 2 aliphatic carbocycles. The number of halogens is 1. The number of nitrogens with zero attached hydrogens (tertiary/aromatic N) is 1. The van der Waals surface area contributed by atoms with Gasteiger partial charge in [0.05, 0.1) is 7.11 Å². The van der Waals surface area contributed by atoms with Gasteiger partial charge < -0.3 is 19.1 Å². The highest BCUT2D eigenvalue weighted by Crippen LogP contribution is 2.84. The SMILES string of the molecule is COc1ccc(C(=O)CCCCC(=O)C2C3CC32C(Cc2ccc(OCCOc3ccccc3F)cc2)CN2CCCC2)cc1. The molecule has 0 radical (unpaired) electrons. The molecule has 3 aliphatic rings. The molecule has 1 saturated heterocycles. The summed E-state index contributed by atoms with van der Waals surface area (Å²) < 4.78 is 30.3. The lowest BCUT2D eigenvalue weighted by molar-refractivity contribution is -0.122. The van der Waals surface area contributed by atoms with Crippen LogP contribution in [0.4, 0.5) is 4.39 Å². The number of Topliss-reactive ketones (excluding diaryl/α,β-unsaturated/α-hetero) is 2. The van der Waals surface area contributed by atoms with Crippen molar-refractivity contribution in [2.45, 2.75) is 51.4 Å². The summed E-state index contributed by atoms with van der Waals surface area (Å²) >= 11 is 0. The molecule has 6 rings (SSSR count). The van der Waals surface area contributed by atoms with Gasteiger partial charge in [0, 0.05) is 30.9 Å². The predicted octanol–water partition coefficient (Wildman–Crippen LogP) is 7.20. The monoisotopic (exact) mass is 613 g/mol. The second-order valence-corrected chi connectivity index (χ2v) is 12.9. The van der Waals surface area contributed by atoms with E-state index in [1.807, 2.05) is 24.3 Å². The number of benzene rings is 3. The second-order valence-electron chi connectivity index (χ2n) is 12.9. The molecule has 45 heavy (non-hydrogen) atoms. The average molecular weight is 614 g/mol. The van der Waals surface area contributed by atoms with Crippen LogP contribution in [-0.4, -0.2) is 56.4 Å². The molecule has 0 aromatic heterocycles. The minimum absolute atomic E-state index is 0.119. The maximum absolute atomic E-state index is 13.7. The normalized spacial score (nSPS) is 22.4. The van der Waals surface area contributed by atoms with Crippen LogP contribution in [-0.2, 0) is 11.2 Å². The number of carbonyl (C=O) groups is 2. The minimum Gasteiger partial charge on any atom is -0.497 e. The molecule has 0 spiro atoms. The molecule has 1 aliphatic heterocycles. The molecule has 238 valence electrons. The van der Waals surface area contributed by atoms with Gasteiger partial charge in [-0.1, -0.05) is 24.3 Å². The van der Waals surface area contributed by atoms with Crippen LogP contribution in [0.15, 0.2) is 72.8 Å². The van der Waals surface area contributed by atoms with Crippen molar-refractivity contribution in [3.8, 4) is 17.2 Å². The molecule has 4 atom stereocenters. The van der Waals surface area contributed by atoms with Crippen molar-refractivity contribution >= 4 is 11.6 Å². The number of ketones is 2. The Hall–Kier alpha value is -3.71. The summed E-state index contributed by atoms with van der Waals surface area (Å²) in [5.74, 6) is 3.07. The average Bonchev–Trinajstić information content (AvgIpc) is 3.87. The molecular weight excluding hydrogens is 569 g/mol. The lowest BCUT2D eigenvalue weighted by Gasteiger charge is -2.28. The topological polar surface area (TPSA) is 65.1 Å². The van der Waals surface area contributed by atoms with Gasteiger partial charge in [0.25, 0.3) is 0 Å². The maximum Gasteiger partial charge on any atom is 0.165 e. The van der Waals surface area contributed by atoms with Crippen molar-refractivity contribution in [2.75, 3.05) is 40.0 Å². The Bertz CT molecular complexity index is 1450. The maximum atomic E-state index is 13.7. The largest absolute Gasteiger partial charge is 0.497 e. The van der Waals surface area contributed by atoms with E-state index < -0.39 is 0 Å². The van der Waals surface area contributed by atoms with Crippen LogP contribution in [0.5, 0.6) is 17.2 Å². The summed E-state index contributed by atoms with van der Waals surface area (Å²) in [4.78, 5) is 28.5. The van der Waals surface area contributed by atoms with E-state index in [0.717, 1.165) is 50.4 Å². The second kappa shape index (κ2) is 14.2. The number of hydrogen-bond acceptors (Lipinski definition) is 6. The quantitative estimate of drug-likeness (QED) is 0.112. The lowest BCUT2D eigenvalue weighted by Crippen LogP contribution is -2.33. The van der Waals surface area contributed by atoms with Crippen LogP contribution in [0, 0.1) is 29.0 Å². The van der Waals surface area contributed by atoms with Gasteiger partial charge in [0.1, 0.15) is 30.5 Å². The first-order valence-electron chi connectivity index (χ1n) is 16.5. The van der Waals surface area contributed by atoms with Gasteiger partial charge in [-0.05, 0) is 123 Å². The van der Waals surface area contributed by atoms with E-state index in [9.17, 15) is 14.0 Å². The number of methoxy groups -OCH3 is 1. The lowest BCUT2D eigenvalue weighted by atomic mass is 9.83. The summed E-state index contributed by atoms with van der Waals surface area (Å²) in [5.41, 5.74) is 2.13. The molecular formula is C38H44FNO5. The van der Waals surface area contributed by atoms with Crippen LogP contribution in [0.25, 0.3) is 0 Å². The standard InChI is InChI=1S/C38H44FNO5/c1-43-30-18-14-28(15-19-30)34(41)9-3-4-10-35(42)37-32-25-38(32,37)29(26-40-20-6-7-21-40)24-27-12-16-31(17-13-27)44-22-23-45-36-11-5-2-8-33(36)39/h2,5,8,11-19,29,32,37H,3-4,6-7,9-10,20-26H2,1H3. The smallest absolute Gasteiger partial charge is 0.165 e. The zero-order chi connectivity index (χ0) is 31.2. The first-order valence-corrected chi connectivity index (χ1v) is 16.5. The van der Waals surface area contributed by atoms with Gasteiger partial charge in [0.15, 0.2) is 17.3 Å². The third-order valence-electron chi connectivity index (χ3n) is 10.1. The Labute approximate surface area is 265 Å². The van der Waals surface area contributed by atoms with Crippen LogP contribution in [0.3, 0.4) is 0 Å². The Morgan fingerprint density at radius 3 is 2.29 bits per heavy atom. The highest BCUT2D eigenvalue weighted by molar-refractivity contribution is 5.96. The summed E-state index contributed by atoms with van der Waals surface area (Å²) in [6.07, 6.45) is 7.19. The fourth-order valence-corrected chi connectivity index (χ4v) is 7.44. The first kappa shape index (κ1) is 31.3. The molecule has 0 N–H and O–H groups in total. The number of carbonyl (C=O) groups excluding carboxylic acids is 2. The zero-order valence-electron chi connectivity index (χ0n) is 26.2. The minimum atomic E-state index is -0.375. The van der Waals surface area contributed by atoms with Gasteiger partial charge >= 0.3 is 0 Å². The van der Waals surface area contributed by atoms with Crippen LogP contribution in [0.1, 0.15) is 60.9 Å². The molecule has 1 heterocycles. The summed E-state index contributed by atoms with van der Waals surface area (Å²) in [6.45, 7) is 3.95. The van der Waals surface area contributed by atoms with Crippen molar-refractivity contribution < 1.29 is 28.2 Å². The number of ether oxygens (including phenoxy) is 3. The zero-order valence-corrected chi connectivity index (χ0v) is 26.2. The van der Waals surface area contributed by atoms with Crippen LogP contribution < -0.4 is 14.2 Å². The molecule has 0 amide bonds. The fourth-order valence-electron chi connectivity index (χ4n) is 7.44. The van der Waals surface area contributed by atoms with Gasteiger partial charge in [-0.2, -0.15) is 0 Å². The molecule has 2 saturated carbocycles. The van der Waals surface area contributed by atoms with E-state index in [-0.39, 0.29) is 35.3 Å². The first-order chi connectivity index (χ1) is 22.0. The van der Waals surface area contributed by atoms with Crippen molar-refractivity contribution in [3.63, 3.8) is 0 Å². The highest BCUT2D eigenvalue weighted by Gasteiger charge is 2.82. The van der Waals surface area contributed by atoms with E-state index in [1.54, 1.807) is 37.4 Å². The van der Waals surface area contributed by atoms with Gasteiger partial charge in [-0.3, -0.25) is 9.59 Å². The fraction of sp³-hybridized carbons (Fsp3) is 0.474. The molecule has 0 bridgehead atoms. The van der Waals surface area contributed by atoms with E-state index in [0.29, 0.717) is 42.6 Å². The van der Waals surface area contributed by atoms with Gasteiger partial charge in [-0.15, -0.1) is 0 Å². The van der Waals surface area contributed by atoms with Crippen molar-refractivity contribution in [2.24, 2.45) is 23.2 Å². The van der Waals surface area contributed by atoms with Crippen molar-refractivity contribution in [1.82, 2.24) is 4.90 Å². The number of fused-ring (bicyclic) bond motifs is 1. The molecule has 6 nitrogen and oxygen atoms in total. The molecule has 3 fully saturated rings. The number of rotatable bonds is 18. The number of likely N-dealkylation sites (tertiary alicyclic amines) is 1. The Balaban J connectivity index is 0.978. The molecule has 4 unspecified atom stereocenters. The van der Waals surface area contributed by atoms with Gasteiger partial charge in [0.2, 0.25) is 0 Å². The highest BCUT2D eigenvalue weighted by atomic mass is 19.1. The van der Waals surface area contributed by atoms with Crippen LogP contribution in [0.2, 0.25) is 0 Å². The van der Waals surface area contributed by atoms with Crippen molar-refractivity contribution in [1.29, 1.82) is 0 Å². The summed E-state index contributed by atoms with van der Waals surface area (Å²) in [5, 5.41) is 0. The third kappa shape index (κ3) is 7.41. The van der Waals surface area contributed by atoms with E-state index >= 15 is 0 Å². The predicted molar refractivity (Wildman–Crippen MR) is 172 cm³/mol. The summed E-state index contributed by atoms with van der Waals surface area (Å²) in [6, 6.07) is 21.9. The third-order valence-corrected chi connectivity index (χ3v) is 10.1. The number of unbranched alkanes of at least 4 members (excludes halogenated alkanes) is 1. The Morgan fingerprint density at radius 1 is 0.889 bits per heavy atom. The molecule has 7 heteroatoms. The van der Waals surface area contributed by atoms with E-state index in [1.165, 1.54) is 30.9 Å². The van der Waals surface area contributed by atoms with E-state index in [4.69, 9.17) is 14.2 Å². The van der Waals surface area contributed by atoms with Gasteiger partial charge in [-0.25, -0.2) is 4.39 Å². The Morgan fingerprint density at radius 2 is 1.58 bits per heavy atom. The van der Waals surface area contributed by atoms with E-state index in [2.05, 4.69) is 17.0 Å². The van der Waals surface area contributed by atoms with Crippen LogP contribution >= 0.6 is 0 Å². The number of para-hydroxylation sites is 1.